The molecule has 2 N–H and O–H groups in total. The molecule has 2 fully saturated rings. The van der Waals surface area contributed by atoms with Crippen molar-refractivity contribution in [2.75, 3.05) is 18.0 Å². The summed E-state index contributed by atoms with van der Waals surface area (Å²) in [5, 5.41) is 12.6. The quantitative estimate of drug-likeness (QED) is 0.771. The molecule has 144 valence electrons. The third kappa shape index (κ3) is 3.60. The van der Waals surface area contributed by atoms with Gasteiger partial charge in [-0.25, -0.2) is 4.79 Å². The van der Waals surface area contributed by atoms with Crippen molar-refractivity contribution >= 4 is 11.8 Å². The first-order valence-electron chi connectivity index (χ1n) is 8.00. The van der Waals surface area contributed by atoms with Crippen molar-refractivity contribution in [3.63, 3.8) is 0 Å². The summed E-state index contributed by atoms with van der Waals surface area (Å²) in [6.07, 6.45) is -9.93. The van der Waals surface area contributed by atoms with Crippen LogP contribution in [0.4, 0.5) is 36.8 Å². The first kappa shape index (κ1) is 18.8. The number of hydrogen-bond acceptors (Lipinski definition) is 2. The molecule has 26 heavy (non-hydrogen) atoms. The molecule has 3 unspecified atom stereocenters. The van der Waals surface area contributed by atoms with Gasteiger partial charge in [0.15, 0.2) is 0 Å². The van der Waals surface area contributed by atoms with E-state index in [1.165, 1.54) is 0 Å². The molecule has 1 aliphatic carbocycles. The van der Waals surface area contributed by atoms with Gasteiger partial charge in [0.1, 0.15) is 0 Å². The minimum atomic E-state index is -5.02. The van der Waals surface area contributed by atoms with Crippen molar-refractivity contribution in [1.29, 1.82) is 0 Å². The fraction of sp³-hybridized carbons (Fsp3) is 0.562. The lowest BCUT2D eigenvalue weighted by Crippen LogP contribution is -2.38. The molecule has 0 radical (unpaired) electrons. The van der Waals surface area contributed by atoms with Gasteiger partial charge in [-0.3, -0.25) is 4.90 Å². The number of amides is 1. The Bertz CT molecular complexity index is 651. The highest BCUT2D eigenvalue weighted by Crippen LogP contribution is 2.41. The number of halogens is 6. The van der Waals surface area contributed by atoms with Gasteiger partial charge in [-0.05, 0) is 49.4 Å². The van der Waals surface area contributed by atoms with Gasteiger partial charge >= 0.3 is 18.4 Å². The summed E-state index contributed by atoms with van der Waals surface area (Å²) in [5.41, 5.74) is -3.67. The molecule has 3 atom stereocenters. The van der Waals surface area contributed by atoms with Crippen LogP contribution >= 0.6 is 0 Å². The SMILES string of the molecule is O=C(O)N(CC1C2CCC1NC2)c1cc(C(F)(F)F)cc(C(F)(F)F)c1. The molecular formula is C16H16F6N2O2. The van der Waals surface area contributed by atoms with Crippen molar-refractivity contribution in [3.05, 3.63) is 29.3 Å². The molecule has 0 aromatic heterocycles. The van der Waals surface area contributed by atoms with Gasteiger partial charge in [-0.15, -0.1) is 0 Å². The Labute approximate surface area is 144 Å². The highest BCUT2D eigenvalue weighted by Gasteiger charge is 2.43. The van der Waals surface area contributed by atoms with E-state index >= 15 is 0 Å². The zero-order valence-corrected chi connectivity index (χ0v) is 13.4. The van der Waals surface area contributed by atoms with Gasteiger partial charge in [0, 0.05) is 18.3 Å². The number of nitrogens with zero attached hydrogens (tertiary/aromatic N) is 1. The van der Waals surface area contributed by atoms with Crippen molar-refractivity contribution in [1.82, 2.24) is 5.32 Å². The molecule has 4 nitrogen and oxygen atoms in total. The van der Waals surface area contributed by atoms with Crippen LogP contribution in [0.5, 0.6) is 0 Å². The third-order valence-electron chi connectivity index (χ3n) is 5.12. The number of carboxylic acid groups (broad SMARTS) is 1. The van der Waals surface area contributed by atoms with E-state index in [4.69, 9.17) is 0 Å². The summed E-state index contributed by atoms with van der Waals surface area (Å²) >= 11 is 0. The maximum Gasteiger partial charge on any atom is 0.416 e. The van der Waals surface area contributed by atoms with Gasteiger partial charge in [-0.1, -0.05) is 0 Å². The van der Waals surface area contributed by atoms with Crippen molar-refractivity contribution in [3.8, 4) is 0 Å². The Hall–Kier alpha value is -1.97. The van der Waals surface area contributed by atoms with Crippen LogP contribution in [0, 0.1) is 11.8 Å². The van der Waals surface area contributed by atoms with Crippen molar-refractivity contribution < 1.29 is 36.2 Å². The average Bonchev–Trinajstić information content (AvgIpc) is 3.09. The van der Waals surface area contributed by atoms with Gasteiger partial charge in [0.05, 0.1) is 11.1 Å². The fourth-order valence-corrected chi connectivity index (χ4v) is 3.84. The average molecular weight is 382 g/mol. The molecule has 1 saturated carbocycles. The van der Waals surface area contributed by atoms with Crippen molar-refractivity contribution in [2.24, 2.45) is 11.8 Å². The molecule has 2 bridgehead atoms. The number of piperidine rings is 1. The number of benzene rings is 1. The monoisotopic (exact) mass is 382 g/mol. The molecule has 1 aromatic carbocycles. The van der Waals surface area contributed by atoms with E-state index in [1.807, 2.05) is 0 Å². The topological polar surface area (TPSA) is 52.6 Å². The van der Waals surface area contributed by atoms with Crippen LogP contribution in [0.25, 0.3) is 0 Å². The highest BCUT2D eigenvalue weighted by atomic mass is 19.4. The minimum absolute atomic E-state index is 0.00957. The summed E-state index contributed by atoms with van der Waals surface area (Å²) in [5.74, 6) is 0.0460. The first-order chi connectivity index (χ1) is 12.0. The van der Waals surface area contributed by atoms with Crippen molar-refractivity contribution in [2.45, 2.75) is 31.2 Å². The second kappa shape index (κ2) is 6.33. The third-order valence-corrected chi connectivity index (χ3v) is 5.12. The summed E-state index contributed by atoms with van der Waals surface area (Å²) in [7, 11) is 0. The molecule has 1 aliphatic heterocycles. The van der Waals surface area contributed by atoms with Crippen LogP contribution in [-0.2, 0) is 12.4 Å². The lowest BCUT2D eigenvalue weighted by Gasteiger charge is -2.26. The van der Waals surface area contributed by atoms with Crippen LogP contribution in [0.3, 0.4) is 0 Å². The Morgan fingerprint density at radius 1 is 1.08 bits per heavy atom. The predicted molar refractivity (Wildman–Crippen MR) is 79.8 cm³/mol. The second-order valence-corrected chi connectivity index (χ2v) is 6.67. The van der Waals surface area contributed by atoms with E-state index < -0.39 is 35.3 Å². The fourth-order valence-electron chi connectivity index (χ4n) is 3.84. The smallest absolute Gasteiger partial charge is 0.416 e. The van der Waals surface area contributed by atoms with Crippen LogP contribution < -0.4 is 10.2 Å². The largest absolute Gasteiger partial charge is 0.465 e. The molecule has 2 aliphatic rings. The van der Waals surface area contributed by atoms with Gasteiger partial charge in [0.25, 0.3) is 0 Å². The summed E-state index contributed by atoms with van der Waals surface area (Å²) in [6.45, 7) is 0.537. The van der Waals surface area contributed by atoms with Crippen LogP contribution in [0.2, 0.25) is 0 Å². The summed E-state index contributed by atoms with van der Waals surface area (Å²) in [4.78, 5) is 12.2. The Kier molecular flexibility index (Phi) is 4.58. The molecule has 1 heterocycles. The number of fused-ring (bicyclic) bond motifs is 2. The van der Waals surface area contributed by atoms with Crippen LogP contribution in [0.1, 0.15) is 24.0 Å². The summed E-state index contributed by atoms with van der Waals surface area (Å²) < 4.78 is 78.0. The molecule has 0 spiro atoms. The Balaban J connectivity index is 1.99. The molecule has 1 aromatic rings. The van der Waals surface area contributed by atoms with Crippen LogP contribution in [0.15, 0.2) is 18.2 Å². The predicted octanol–water partition coefficient (Wildman–Crippen LogP) is 4.21. The van der Waals surface area contributed by atoms with E-state index in [9.17, 15) is 36.2 Å². The lowest BCUT2D eigenvalue weighted by molar-refractivity contribution is -0.143. The van der Waals surface area contributed by atoms with E-state index in [-0.39, 0.29) is 30.5 Å². The van der Waals surface area contributed by atoms with E-state index in [0.29, 0.717) is 23.6 Å². The van der Waals surface area contributed by atoms with E-state index in [2.05, 4.69) is 5.32 Å². The standard InChI is InChI=1S/C16H16F6N2O2/c17-15(18,19)9-3-10(16(20,21)22)5-11(4-9)24(14(25)26)7-12-8-1-2-13(12)23-6-8/h3-5,8,12-13,23H,1-2,6-7H2,(H,25,26). The Morgan fingerprint density at radius 3 is 2.00 bits per heavy atom. The number of carbonyl (C=O) groups is 1. The van der Waals surface area contributed by atoms with Gasteiger partial charge in [0.2, 0.25) is 0 Å². The van der Waals surface area contributed by atoms with Gasteiger partial charge < -0.3 is 10.4 Å². The maximum atomic E-state index is 13.0. The lowest BCUT2D eigenvalue weighted by atomic mass is 9.97. The number of anilines is 1. The molecule has 3 rings (SSSR count). The summed E-state index contributed by atoms with van der Waals surface area (Å²) in [6, 6.07) is 0.931. The molecule has 1 amide bonds. The minimum Gasteiger partial charge on any atom is -0.465 e. The second-order valence-electron chi connectivity index (χ2n) is 6.67. The maximum absolute atomic E-state index is 13.0. The zero-order chi connectivity index (χ0) is 19.3. The number of rotatable bonds is 3. The zero-order valence-electron chi connectivity index (χ0n) is 13.4. The van der Waals surface area contributed by atoms with E-state index in [1.54, 1.807) is 0 Å². The molecule has 1 saturated heterocycles. The van der Waals surface area contributed by atoms with E-state index in [0.717, 1.165) is 12.8 Å². The van der Waals surface area contributed by atoms with Gasteiger partial charge in [-0.2, -0.15) is 26.3 Å². The number of alkyl halides is 6. The molecule has 10 heteroatoms. The Morgan fingerprint density at radius 2 is 1.65 bits per heavy atom. The highest BCUT2D eigenvalue weighted by molar-refractivity contribution is 5.86. The normalized spacial score (nSPS) is 25.5. The number of nitrogens with one attached hydrogen (secondary N) is 1. The van der Waals surface area contributed by atoms with Crippen LogP contribution in [-0.4, -0.2) is 30.3 Å². The molecular weight excluding hydrogens is 366 g/mol. The first-order valence-corrected chi connectivity index (χ1v) is 8.00. The number of hydrogen-bond donors (Lipinski definition) is 2.